The summed E-state index contributed by atoms with van der Waals surface area (Å²) in [5.74, 6) is 2.74. The fraction of sp³-hybridized carbons (Fsp3) is 0.750. The SMILES string of the molecule is CCCCCCCCCCCC(=O)Oc1ccc(CC(=O)OC(C)CCNCCSSCCN2CCC(CCOC(O)Cc3ccc(OC(=O)CCCCC(=O)OC(CCCCCC)CCCCCCCC)cc3)CC2)cc1. The zero-order valence-corrected chi connectivity index (χ0v) is 50.7. The molecule has 1 heterocycles. The van der Waals surface area contributed by atoms with Gasteiger partial charge in [0.25, 0.3) is 0 Å². The second kappa shape index (κ2) is 46.5. The number of hydrogen-bond donors (Lipinski definition) is 2. The number of nitrogens with zero attached hydrogens (tertiary/aromatic N) is 1. The van der Waals surface area contributed by atoms with E-state index in [9.17, 15) is 24.3 Å². The van der Waals surface area contributed by atoms with Crippen molar-refractivity contribution in [3.8, 4) is 11.5 Å². The van der Waals surface area contributed by atoms with E-state index in [0.717, 1.165) is 120 Å². The Hall–Kier alpha value is -3.14. The molecule has 2 N–H and O–H groups in total. The molecule has 3 unspecified atom stereocenters. The Kier molecular flexibility index (Phi) is 41.2. The number of hydrogen-bond acceptors (Lipinski definition) is 14. The minimum absolute atomic E-state index is 0.00446. The van der Waals surface area contributed by atoms with Gasteiger partial charge in [-0.15, -0.1) is 0 Å². The van der Waals surface area contributed by atoms with Crippen LogP contribution < -0.4 is 14.8 Å². The van der Waals surface area contributed by atoms with E-state index in [4.69, 9.17) is 23.7 Å². The van der Waals surface area contributed by atoms with E-state index < -0.39 is 6.29 Å². The Bertz CT molecular complexity index is 1810. The van der Waals surface area contributed by atoms with Crippen LogP contribution in [0.25, 0.3) is 0 Å². The first-order valence-corrected chi connectivity index (χ1v) is 33.5. The lowest BCUT2D eigenvalue weighted by atomic mass is 9.94. The van der Waals surface area contributed by atoms with Gasteiger partial charge in [0.15, 0.2) is 6.29 Å². The van der Waals surface area contributed by atoms with Crippen LogP contribution in [0.2, 0.25) is 0 Å². The van der Waals surface area contributed by atoms with Gasteiger partial charge in [0.05, 0.1) is 13.0 Å². The normalized spacial score (nSPS) is 14.2. The molecule has 444 valence electrons. The molecule has 3 rings (SSSR count). The standard InChI is InChI=1S/C64H106N2O10S2/c1-5-8-11-14-16-17-18-20-23-28-60(67)75-59-37-33-56(34-38-59)52-64(71)73-53(4)39-43-65-44-49-77-78-50-47-66-45-40-54(41-46-66)42-48-72-63(70)51-55-31-35-58(36-32-55)76-62(69)30-25-24-29-61(68)74-57(26-21-13-10-7-3)27-22-19-15-12-9-6-2/h31-38,53-54,57,63,65,70H,5-30,39-52H2,1-4H3. The Morgan fingerprint density at radius 2 is 1.06 bits per heavy atom. The van der Waals surface area contributed by atoms with E-state index in [1.165, 1.54) is 96.3 Å². The average Bonchev–Trinajstić information content (AvgIpc) is 3.42. The predicted octanol–water partition coefficient (Wildman–Crippen LogP) is 15.1. The smallest absolute Gasteiger partial charge is 0.311 e. The van der Waals surface area contributed by atoms with Gasteiger partial charge in [-0.25, -0.2) is 0 Å². The Labute approximate surface area is 480 Å². The predicted molar refractivity (Wildman–Crippen MR) is 322 cm³/mol. The van der Waals surface area contributed by atoms with E-state index in [2.05, 4.69) is 31.0 Å². The minimum atomic E-state index is -0.892. The van der Waals surface area contributed by atoms with E-state index in [1.807, 2.05) is 52.8 Å². The first kappa shape index (κ1) is 69.1. The van der Waals surface area contributed by atoms with Gasteiger partial charge in [0.1, 0.15) is 23.7 Å². The molecule has 14 heteroatoms. The highest BCUT2D eigenvalue weighted by Gasteiger charge is 2.20. The molecule has 0 spiro atoms. The van der Waals surface area contributed by atoms with Crippen molar-refractivity contribution in [2.45, 2.75) is 252 Å². The van der Waals surface area contributed by atoms with Crippen molar-refractivity contribution >= 4 is 45.5 Å². The molecule has 3 atom stereocenters. The highest BCUT2D eigenvalue weighted by atomic mass is 33.1. The Morgan fingerprint density at radius 1 is 0.577 bits per heavy atom. The third-order valence-electron chi connectivity index (χ3n) is 14.7. The largest absolute Gasteiger partial charge is 0.462 e. The summed E-state index contributed by atoms with van der Waals surface area (Å²) in [7, 11) is 3.82. The van der Waals surface area contributed by atoms with E-state index in [1.54, 1.807) is 24.3 Å². The summed E-state index contributed by atoms with van der Waals surface area (Å²) in [6, 6.07) is 14.4. The van der Waals surface area contributed by atoms with E-state index >= 15 is 0 Å². The second-order valence-electron chi connectivity index (χ2n) is 21.8. The van der Waals surface area contributed by atoms with Crippen LogP contribution in [0.15, 0.2) is 48.5 Å². The third-order valence-corrected chi connectivity index (χ3v) is 17.0. The fourth-order valence-corrected chi connectivity index (χ4v) is 11.7. The second-order valence-corrected chi connectivity index (χ2v) is 24.5. The molecular weight excluding hydrogens is 1020 g/mol. The monoisotopic (exact) mass is 1130 g/mol. The number of piperidine rings is 1. The molecule has 0 bridgehead atoms. The van der Waals surface area contributed by atoms with Crippen LogP contribution in [0.5, 0.6) is 11.5 Å². The van der Waals surface area contributed by atoms with E-state index in [0.29, 0.717) is 56.1 Å². The van der Waals surface area contributed by atoms with Crippen molar-refractivity contribution in [1.82, 2.24) is 10.2 Å². The molecule has 2 aromatic carbocycles. The number of unbranched alkanes of at least 4 members (excludes halogenated alkanes) is 17. The summed E-state index contributed by atoms with van der Waals surface area (Å²) in [5, 5.41) is 14.1. The van der Waals surface area contributed by atoms with Gasteiger partial charge in [0.2, 0.25) is 0 Å². The summed E-state index contributed by atoms with van der Waals surface area (Å²) < 4.78 is 28.4. The fourth-order valence-electron chi connectivity index (χ4n) is 9.76. The van der Waals surface area contributed by atoms with Crippen molar-refractivity contribution < 1.29 is 48.0 Å². The van der Waals surface area contributed by atoms with Crippen molar-refractivity contribution in [3.05, 3.63) is 59.7 Å². The molecule has 1 saturated heterocycles. The topological polar surface area (TPSA) is 150 Å². The zero-order chi connectivity index (χ0) is 56.1. The summed E-state index contributed by atoms with van der Waals surface area (Å²) in [4.78, 5) is 52.6. The van der Waals surface area contributed by atoms with Crippen molar-refractivity contribution in [2.24, 2.45) is 5.92 Å². The number of nitrogens with one attached hydrogen (secondary N) is 1. The zero-order valence-electron chi connectivity index (χ0n) is 49.1. The van der Waals surface area contributed by atoms with Crippen LogP contribution >= 0.6 is 21.6 Å². The summed E-state index contributed by atoms with van der Waals surface area (Å²) in [5.41, 5.74) is 1.74. The molecule has 1 aliphatic rings. The van der Waals surface area contributed by atoms with Crippen LogP contribution in [0.3, 0.4) is 0 Å². The maximum Gasteiger partial charge on any atom is 0.311 e. The van der Waals surface area contributed by atoms with E-state index in [-0.39, 0.29) is 48.9 Å². The number of carbonyl (C=O) groups excluding carboxylic acids is 4. The minimum Gasteiger partial charge on any atom is -0.462 e. The number of carbonyl (C=O) groups is 4. The molecule has 1 fully saturated rings. The number of rotatable bonds is 49. The third kappa shape index (κ3) is 37.0. The molecule has 0 aromatic heterocycles. The number of ether oxygens (including phenoxy) is 5. The van der Waals surface area contributed by atoms with Crippen LogP contribution in [-0.4, -0.2) is 103 Å². The number of aliphatic hydroxyl groups excluding tert-OH is 1. The van der Waals surface area contributed by atoms with Gasteiger partial charge < -0.3 is 39.0 Å². The lowest BCUT2D eigenvalue weighted by Gasteiger charge is -2.31. The lowest BCUT2D eigenvalue weighted by molar-refractivity contribution is -0.150. The maximum absolute atomic E-state index is 12.7. The van der Waals surface area contributed by atoms with Gasteiger partial charge in [-0.3, -0.25) is 19.2 Å². The van der Waals surface area contributed by atoms with Gasteiger partial charge in [0, 0.05) is 50.3 Å². The van der Waals surface area contributed by atoms with Crippen molar-refractivity contribution in [3.63, 3.8) is 0 Å². The molecule has 1 aliphatic heterocycles. The first-order chi connectivity index (χ1) is 38.1. The molecule has 78 heavy (non-hydrogen) atoms. The van der Waals surface area contributed by atoms with Gasteiger partial charge in [-0.1, -0.05) is 169 Å². The molecule has 0 amide bonds. The number of esters is 4. The molecular formula is C64H106N2O10S2. The van der Waals surface area contributed by atoms with Gasteiger partial charge >= 0.3 is 23.9 Å². The maximum atomic E-state index is 12.7. The number of benzene rings is 2. The van der Waals surface area contributed by atoms with Crippen LogP contribution in [-0.2, 0) is 46.2 Å². The average molecular weight is 1130 g/mol. The van der Waals surface area contributed by atoms with Gasteiger partial charge in [-0.2, -0.15) is 0 Å². The number of likely N-dealkylation sites (tertiary alicyclic amines) is 1. The molecule has 0 aliphatic carbocycles. The van der Waals surface area contributed by atoms with Crippen molar-refractivity contribution in [1.29, 1.82) is 0 Å². The highest BCUT2D eigenvalue weighted by molar-refractivity contribution is 8.76. The Balaban J connectivity index is 1.12. The van der Waals surface area contributed by atoms with Gasteiger partial charge in [-0.05, 0) is 138 Å². The summed E-state index contributed by atoms with van der Waals surface area (Å²) in [6.45, 7) is 14.1. The Morgan fingerprint density at radius 3 is 1.64 bits per heavy atom. The molecule has 12 nitrogen and oxygen atoms in total. The van der Waals surface area contributed by atoms with Crippen molar-refractivity contribution in [2.75, 3.05) is 50.8 Å². The summed E-state index contributed by atoms with van der Waals surface area (Å²) in [6.07, 6.45) is 30.4. The summed E-state index contributed by atoms with van der Waals surface area (Å²) >= 11 is 0. The molecule has 2 aromatic rings. The molecule has 0 radical (unpaired) electrons. The lowest BCUT2D eigenvalue weighted by Crippen LogP contribution is -2.35. The molecule has 0 saturated carbocycles. The quantitative estimate of drug-likeness (QED) is 0.0213. The van der Waals surface area contributed by atoms with Crippen LogP contribution in [0.1, 0.15) is 231 Å². The number of aliphatic hydroxyl groups is 1. The first-order valence-electron chi connectivity index (χ1n) is 31.0. The van der Waals surface area contributed by atoms with Crippen LogP contribution in [0.4, 0.5) is 0 Å². The van der Waals surface area contributed by atoms with Crippen LogP contribution in [0, 0.1) is 5.92 Å². The highest BCUT2D eigenvalue weighted by Crippen LogP contribution is 2.25.